The summed E-state index contributed by atoms with van der Waals surface area (Å²) in [6.07, 6.45) is 1.78. The van der Waals surface area contributed by atoms with Crippen molar-refractivity contribution in [2.45, 2.75) is 39.7 Å². The molecule has 1 aromatic carbocycles. The van der Waals surface area contributed by atoms with Crippen LogP contribution in [0.2, 0.25) is 0 Å². The predicted molar refractivity (Wildman–Crippen MR) is 73.6 cm³/mol. The highest BCUT2D eigenvalue weighted by molar-refractivity contribution is 5.31. The third-order valence-electron chi connectivity index (χ3n) is 3.16. The Balaban J connectivity index is 2.80. The maximum Gasteiger partial charge on any atom is 0.168 e. The van der Waals surface area contributed by atoms with Gasteiger partial charge >= 0.3 is 0 Å². The second kappa shape index (κ2) is 7.37. The average molecular weight is 253 g/mol. The molecule has 0 aliphatic carbocycles. The van der Waals surface area contributed by atoms with Crippen LogP contribution in [0, 0.1) is 11.7 Å². The zero-order valence-corrected chi connectivity index (χ0v) is 11.8. The van der Waals surface area contributed by atoms with Crippen molar-refractivity contribution in [2.75, 3.05) is 13.7 Å². The molecule has 1 atom stereocenters. The van der Waals surface area contributed by atoms with E-state index in [4.69, 9.17) is 4.74 Å². The third kappa shape index (κ3) is 3.98. The van der Waals surface area contributed by atoms with Crippen LogP contribution in [0.5, 0.6) is 5.75 Å². The number of methoxy groups -OCH3 is 1. The summed E-state index contributed by atoms with van der Waals surface area (Å²) in [5, 5.41) is 3.47. The van der Waals surface area contributed by atoms with Gasteiger partial charge in [0.05, 0.1) is 7.11 Å². The molecule has 102 valence electrons. The zero-order valence-electron chi connectivity index (χ0n) is 11.8. The molecule has 0 bridgehead atoms. The maximum atomic E-state index is 14.1. The lowest BCUT2D eigenvalue weighted by Gasteiger charge is -2.23. The van der Waals surface area contributed by atoms with Crippen LogP contribution in [-0.2, 0) is 6.42 Å². The third-order valence-corrected chi connectivity index (χ3v) is 3.16. The van der Waals surface area contributed by atoms with Gasteiger partial charge in [0.2, 0.25) is 0 Å². The van der Waals surface area contributed by atoms with Crippen LogP contribution in [0.25, 0.3) is 0 Å². The maximum absolute atomic E-state index is 14.1. The zero-order chi connectivity index (χ0) is 13.5. The second-order valence-corrected chi connectivity index (χ2v) is 4.94. The smallest absolute Gasteiger partial charge is 0.168 e. The van der Waals surface area contributed by atoms with Crippen molar-refractivity contribution < 1.29 is 9.13 Å². The van der Waals surface area contributed by atoms with Crippen molar-refractivity contribution in [3.8, 4) is 5.75 Å². The Labute approximate surface area is 110 Å². The van der Waals surface area contributed by atoms with Crippen LogP contribution >= 0.6 is 0 Å². The van der Waals surface area contributed by atoms with Crippen molar-refractivity contribution in [3.63, 3.8) is 0 Å². The van der Waals surface area contributed by atoms with Crippen LogP contribution in [0.1, 0.15) is 32.8 Å². The number of rotatable bonds is 7. The molecule has 1 rings (SSSR count). The van der Waals surface area contributed by atoms with Crippen LogP contribution in [0.4, 0.5) is 4.39 Å². The molecule has 0 aliphatic rings. The Morgan fingerprint density at radius 1 is 1.33 bits per heavy atom. The van der Waals surface area contributed by atoms with E-state index in [1.54, 1.807) is 6.07 Å². The first kappa shape index (κ1) is 15.0. The minimum Gasteiger partial charge on any atom is -0.494 e. The summed E-state index contributed by atoms with van der Waals surface area (Å²) in [6, 6.07) is 5.63. The van der Waals surface area contributed by atoms with Gasteiger partial charge in [0, 0.05) is 6.04 Å². The van der Waals surface area contributed by atoms with E-state index in [0.717, 1.165) is 18.5 Å². The summed E-state index contributed by atoms with van der Waals surface area (Å²) in [4.78, 5) is 0. The van der Waals surface area contributed by atoms with Crippen molar-refractivity contribution >= 4 is 0 Å². The Morgan fingerprint density at radius 3 is 2.61 bits per heavy atom. The van der Waals surface area contributed by atoms with Gasteiger partial charge in [-0.15, -0.1) is 0 Å². The number of hydrogen-bond acceptors (Lipinski definition) is 2. The summed E-state index contributed by atoms with van der Waals surface area (Å²) in [5.74, 6) is 0.566. The quantitative estimate of drug-likeness (QED) is 0.804. The number of nitrogens with one attached hydrogen (secondary N) is 1. The monoisotopic (exact) mass is 253 g/mol. The Bertz CT molecular complexity index is 366. The van der Waals surface area contributed by atoms with E-state index in [0.29, 0.717) is 24.1 Å². The van der Waals surface area contributed by atoms with E-state index in [2.05, 4.69) is 26.1 Å². The van der Waals surface area contributed by atoms with Crippen LogP contribution in [0.15, 0.2) is 18.2 Å². The molecular weight excluding hydrogens is 229 g/mol. The first-order valence-electron chi connectivity index (χ1n) is 6.64. The second-order valence-electron chi connectivity index (χ2n) is 4.94. The largest absolute Gasteiger partial charge is 0.494 e. The summed E-state index contributed by atoms with van der Waals surface area (Å²) in [5.41, 5.74) is 0.719. The molecule has 0 fully saturated rings. The summed E-state index contributed by atoms with van der Waals surface area (Å²) in [6.45, 7) is 7.42. The van der Waals surface area contributed by atoms with E-state index in [-0.39, 0.29) is 5.82 Å². The molecule has 3 heteroatoms. The molecule has 0 aromatic heterocycles. The summed E-state index contributed by atoms with van der Waals surface area (Å²) < 4.78 is 19.1. The van der Waals surface area contributed by atoms with Gasteiger partial charge in [-0.05, 0) is 36.9 Å². The summed E-state index contributed by atoms with van der Waals surface area (Å²) >= 11 is 0. The van der Waals surface area contributed by atoms with E-state index in [1.165, 1.54) is 7.11 Å². The average Bonchev–Trinajstić information content (AvgIpc) is 2.36. The topological polar surface area (TPSA) is 21.3 Å². The van der Waals surface area contributed by atoms with Gasteiger partial charge in [0.25, 0.3) is 0 Å². The van der Waals surface area contributed by atoms with E-state index >= 15 is 0 Å². The number of ether oxygens (including phenoxy) is 1. The number of benzene rings is 1. The van der Waals surface area contributed by atoms with Gasteiger partial charge in [-0.1, -0.05) is 32.9 Å². The fraction of sp³-hybridized carbons (Fsp3) is 0.600. The lowest BCUT2D eigenvalue weighted by atomic mass is 9.96. The van der Waals surface area contributed by atoms with Gasteiger partial charge < -0.3 is 10.1 Å². The SMILES string of the molecule is CCCNC(Cc1cccc(OC)c1F)C(C)C. The Morgan fingerprint density at radius 2 is 2.06 bits per heavy atom. The molecule has 1 aromatic rings. The predicted octanol–water partition coefficient (Wildman–Crippen LogP) is 3.40. The van der Waals surface area contributed by atoms with Crippen LogP contribution < -0.4 is 10.1 Å². The fourth-order valence-electron chi connectivity index (χ4n) is 1.98. The van der Waals surface area contributed by atoms with Gasteiger partial charge in [-0.2, -0.15) is 0 Å². The fourth-order valence-corrected chi connectivity index (χ4v) is 1.98. The molecule has 0 amide bonds. The highest BCUT2D eigenvalue weighted by atomic mass is 19.1. The molecule has 0 spiro atoms. The number of hydrogen-bond donors (Lipinski definition) is 1. The molecule has 0 radical (unpaired) electrons. The van der Waals surface area contributed by atoms with Crippen molar-refractivity contribution in [1.82, 2.24) is 5.32 Å². The Hall–Kier alpha value is -1.09. The first-order valence-corrected chi connectivity index (χ1v) is 6.64. The van der Waals surface area contributed by atoms with Gasteiger partial charge in [0.15, 0.2) is 11.6 Å². The molecule has 0 heterocycles. The minimum absolute atomic E-state index is 0.232. The molecule has 0 saturated carbocycles. The molecule has 0 aliphatic heterocycles. The van der Waals surface area contributed by atoms with Gasteiger partial charge in [0.1, 0.15) is 0 Å². The highest BCUT2D eigenvalue weighted by Gasteiger charge is 2.16. The molecule has 1 unspecified atom stereocenters. The van der Waals surface area contributed by atoms with Crippen molar-refractivity contribution in [2.24, 2.45) is 5.92 Å². The normalized spacial score (nSPS) is 12.8. The number of halogens is 1. The van der Waals surface area contributed by atoms with Crippen LogP contribution in [-0.4, -0.2) is 19.7 Å². The molecule has 1 N–H and O–H groups in total. The van der Waals surface area contributed by atoms with E-state index in [9.17, 15) is 4.39 Å². The molecular formula is C15H24FNO. The lowest BCUT2D eigenvalue weighted by molar-refractivity contribution is 0.371. The first-order chi connectivity index (χ1) is 8.60. The van der Waals surface area contributed by atoms with Crippen molar-refractivity contribution in [1.29, 1.82) is 0 Å². The van der Waals surface area contributed by atoms with Gasteiger partial charge in [-0.25, -0.2) is 4.39 Å². The lowest BCUT2D eigenvalue weighted by Crippen LogP contribution is -2.36. The Kier molecular flexibility index (Phi) is 6.13. The molecule has 0 saturated heterocycles. The standard InChI is InChI=1S/C15H24FNO/c1-5-9-17-13(11(2)3)10-12-7-6-8-14(18-4)15(12)16/h6-8,11,13,17H,5,9-10H2,1-4H3. The van der Waals surface area contributed by atoms with Crippen LogP contribution in [0.3, 0.4) is 0 Å². The minimum atomic E-state index is -0.232. The van der Waals surface area contributed by atoms with Crippen molar-refractivity contribution in [3.05, 3.63) is 29.6 Å². The molecule has 18 heavy (non-hydrogen) atoms. The summed E-state index contributed by atoms with van der Waals surface area (Å²) in [7, 11) is 1.50. The molecule has 2 nitrogen and oxygen atoms in total. The van der Waals surface area contributed by atoms with Gasteiger partial charge in [-0.3, -0.25) is 0 Å². The van der Waals surface area contributed by atoms with E-state index < -0.39 is 0 Å². The highest BCUT2D eigenvalue weighted by Crippen LogP contribution is 2.22. The van der Waals surface area contributed by atoms with E-state index in [1.807, 2.05) is 12.1 Å².